The fourth-order valence-corrected chi connectivity index (χ4v) is 3.07. The second-order valence-corrected chi connectivity index (χ2v) is 5.97. The third-order valence-corrected chi connectivity index (χ3v) is 4.65. The standard InChI is InChI=1S/C14H23N3O2S.ClH/c1-3-13-15-12(11-20-13)10-17-8-6-16(7-9-17)5-4-14(18)19-2;/h11H,3-10H2,1-2H3;1H. The molecule has 0 bridgehead atoms. The summed E-state index contributed by atoms with van der Waals surface area (Å²) in [7, 11) is 1.44. The summed E-state index contributed by atoms with van der Waals surface area (Å²) in [6.07, 6.45) is 1.51. The van der Waals surface area contributed by atoms with Gasteiger partial charge in [0.2, 0.25) is 0 Å². The van der Waals surface area contributed by atoms with E-state index in [1.54, 1.807) is 11.3 Å². The van der Waals surface area contributed by atoms with Gasteiger partial charge in [-0.2, -0.15) is 0 Å². The summed E-state index contributed by atoms with van der Waals surface area (Å²) in [6, 6.07) is 0. The molecule has 1 aliphatic heterocycles. The third-order valence-electron chi connectivity index (χ3n) is 3.61. The van der Waals surface area contributed by atoms with Gasteiger partial charge in [0.05, 0.1) is 24.2 Å². The number of hydrogen-bond donors (Lipinski definition) is 0. The minimum absolute atomic E-state index is 0. The lowest BCUT2D eigenvalue weighted by Gasteiger charge is -2.34. The summed E-state index contributed by atoms with van der Waals surface area (Å²) in [5.74, 6) is -0.123. The minimum Gasteiger partial charge on any atom is -0.469 e. The smallest absolute Gasteiger partial charge is 0.306 e. The first kappa shape index (κ1) is 18.4. The van der Waals surface area contributed by atoms with Crippen molar-refractivity contribution in [3.8, 4) is 0 Å². The topological polar surface area (TPSA) is 45.7 Å². The Morgan fingerprint density at radius 1 is 1.33 bits per heavy atom. The molecule has 2 heterocycles. The number of methoxy groups -OCH3 is 1. The van der Waals surface area contributed by atoms with Crippen LogP contribution in [0.5, 0.6) is 0 Å². The SMILES string of the molecule is CCc1nc(CN2CCN(CCC(=O)OC)CC2)cs1.Cl. The van der Waals surface area contributed by atoms with Crippen LogP contribution in [0.3, 0.4) is 0 Å². The lowest BCUT2D eigenvalue weighted by molar-refractivity contribution is -0.141. The molecule has 0 unspecified atom stereocenters. The molecule has 7 heteroatoms. The monoisotopic (exact) mass is 333 g/mol. The number of nitrogens with zero attached hydrogens (tertiary/aromatic N) is 3. The molecule has 0 radical (unpaired) electrons. The Morgan fingerprint density at radius 2 is 2.00 bits per heavy atom. The van der Waals surface area contributed by atoms with Gasteiger partial charge in [-0.1, -0.05) is 6.92 Å². The number of thiazole rings is 1. The number of rotatable bonds is 6. The number of halogens is 1. The minimum atomic E-state index is -0.123. The molecule has 0 saturated carbocycles. The highest BCUT2D eigenvalue weighted by Gasteiger charge is 2.18. The Kier molecular flexibility index (Phi) is 8.18. The van der Waals surface area contributed by atoms with E-state index in [4.69, 9.17) is 0 Å². The molecule has 2 rings (SSSR count). The first-order valence-electron chi connectivity index (χ1n) is 7.16. The van der Waals surface area contributed by atoms with Gasteiger partial charge in [-0.15, -0.1) is 23.7 Å². The van der Waals surface area contributed by atoms with Crippen LogP contribution in [-0.4, -0.2) is 60.6 Å². The molecule has 0 aliphatic carbocycles. The fourth-order valence-electron chi connectivity index (χ4n) is 2.34. The largest absolute Gasteiger partial charge is 0.469 e. The predicted molar refractivity (Wildman–Crippen MR) is 87.1 cm³/mol. The number of piperazine rings is 1. The summed E-state index contributed by atoms with van der Waals surface area (Å²) >= 11 is 1.75. The molecule has 0 amide bonds. The van der Waals surface area contributed by atoms with Gasteiger partial charge in [0.25, 0.3) is 0 Å². The number of aryl methyl sites for hydroxylation is 1. The summed E-state index contributed by atoms with van der Waals surface area (Å²) in [5.41, 5.74) is 1.19. The zero-order chi connectivity index (χ0) is 14.4. The van der Waals surface area contributed by atoms with Crippen LogP contribution in [0.2, 0.25) is 0 Å². The van der Waals surface area contributed by atoms with Crippen molar-refractivity contribution in [1.82, 2.24) is 14.8 Å². The van der Waals surface area contributed by atoms with E-state index in [1.807, 2.05) is 0 Å². The number of esters is 1. The van der Waals surface area contributed by atoms with Crippen LogP contribution in [0, 0.1) is 0 Å². The van der Waals surface area contributed by atoms with Gasteiger partial charge in [0.15, 0.2) is 0 Å². The molecular weight excluding hydrogens is 310 g/mol. The van der Waals surface area contributed by atoms with E-state index in [9.17, 15) is 4.79 Å². The first-order valence-corrected chi connectivity index (χ1v) is 8.04. The van der Waals surface area contributed by atoms with E-state index in [0.717, 1.165) is 45.7 Å². The summed E-state index contributed by atoms with van der Waals surface area (Å²) in [5, 5.41) is 3.39. The third kappa shape index (κ3) is 5.90. The van der Waals surface area contributed by atoms with Crippen molar-refractivity contribution >= 4 is 29.7 Å². The number of ether oxygens (including phenoxy) is 1. The highest BCUT2D eigenvalue weighted by atomic mass is 35.5. The summed E-state index contributed by atoms with van der Waals surface area (Å²) in [6.45, 7) is 8.01. The van der Waals surface area contributed by atoms with Crippen molar-refractivity contribution in [2.75, 3.05) is 39.8 Å². The maximum absolute atomic E-state index is 11.1. The van der Waals surface area contributed by atoms with Crippen molar-refractivity contribution in [3.05, 3.63) is 16.1 Å². The van der Waals surface area contributed by atoms with Crippen molar-refractivity contribution in [1.29, 1.82) is 0 Å². The number of hydrogen-bond acceptors (Lipinski definition) is 6. The number of carbonyl (C=O) groups is 1. The van der Waals surface area contributed by atoms with E-state index < -0.39 is 0 Å². The van der Waals surface area contributed by atoms with E-state index >= 15 is 0 Å². The van der Waals surface area contributed by atoms with Crippen LogP contribution in [0.1, 0.15) is 24.0 Å². The Hall–Kier alpha value is -0.690. The van der Waals surface area contributed by atoms with Gasteiger partial charge >= 0.3 is 5.97 Å². The average Bonchev–Trinajstić information content (AvgIpc) is 2.94. The Balaban J connectivity index is 0.00000220. The Labute approximate surface area is 136 Å². The van der Waals surface area contributed by atoms with Crippen molar-refractivity contribution in [2.24, 2.45) is 0 Å². The quantitative estimate of drug-likeness (QED) is 0.743. The van der Waals surface area contributed by atoms with Crippen molar-refractivity contribution in [3.63, 3.8) is 0 Å². The number of aromatic nitrogens is 1. The molecule has 1 aromatic rings. The van der Waals surface area contributed by atoms with Crippen LogP contribution in [-0.2, 0) is 22.5 Å². The lowest BCUT2D eigenvalue weighted by atomic mass is 10.2. The Morgan fingerprint density at radius 3 is 2.57 bits per heavy atom. The molecule has 0 spiro atoms. The summed E-state index contributed by atoms with van der Waals surface area (Å²) in [4.78, 5) is 20.5. The normalized spacial score (nSPS) is 16.5. The van der Waals surface area contributed by atoms with Gasteiger partial charge in [-0.3, -0.25) is 9.69 Å². The molecule has 21 heavy (non-hydrogen) atoms. The zero-order valence-corrected chi connectivity index (χ0v) is 14.3. The van der Waals surface area contributed by atoms with Gasteiger partial charge in [-0.05, 0) is 6.42 Å². The molecule has 1 aromatic heterocycles. The molecule has 120 valence electrons. The van der Waals surface area contributed by atoms with Gasteiger partial charge in [0.1, 0.15) is 0 Å². The lowest BCUT2D eigenvalue weighted by Crippen LogP contribution is -2.46. The van der Waals surface area contributed by atoms with Crippen LogP contribution in [0.25, 0.3) is 0 Å². The zero-order valence-electron chi connectivity index (χ0n) is 12.7. The molecule has 1 aliphatic rings. The summed E-state index contributed by atoms with van der Waals surface area (Å²) < 4.78 is 4.67. The maximum atomic E-state index is 11.1. The van der Waals surface area contributed by atoms with Crippen LogP contribution in [0.4, 0.5) is 0 Å². The molecule has 5 nitrogen and oxygen atoms in total. The highest BCUT2D eigenvalue weighted by Crippen LogP contribution is 2.13. The molecule has 0 atom stereocenters. The second-order valence-electron chi connectivity index (χ2n) is 5.03. The van der Waals surface area contributed by atoms with E-state index in [0.29, 0.717) is 6.42 Å². The molecule has 1 fully saturated rings. The Bertz CT molecular complexity index is 434. The fraction of sp³-hybridized carbons (Fsp3) is 0.714. The van der Waals surface area contributed by atoms with E-state index in [2.05, 4.69) is 31.8 Å². The average molecular weight is 334 g/mol. The van der Waals surface area contributed by atoms with Crippen molar-refractivity contribution < 1.29 is 9.53 Å². The van der Waals surface area contributed by atoms with Crippen molar-refractivity contribution in [2.45, 2.75) is 26.3 Å². The van der Waals surface area contributed by atoms with E-state index in [-0.39, 0.29) is 18.4 Å². The van der Waals surface area contributed by atoms with Gasteiger partial charge in [0, 0.05) is 44.6 Å². The second kappa shape index (κ2) is 9.35. The van der Waals surface area contributed by atoms with Gasteiger partial charge < -0.3 is 9.64 Å². The maximum Gasteiger partial charge on any atom is 0.306 e. The predicted octanol–water partition coefficient (Wildman–Crippen LogP) is 1.81. The van der Waals surface area contributed by atoms with Crippen LogP contribution < -0.4 is 0 Å². The molecular formula is C14H24ClN3O2S. The van der Waals surface area contributed by atoms with Gasteiger partial charge in [-0.25, -0.2) is 4.98 Å². The van der Waals surface area contributed by atoms with E-state index in [1.165, 1.54) is 17.8 Å². The highest BCUT2D eigenvalue weighted by molar-refractivity contribution is 7.09. The molecule has 0 N–H and O–H groups in total. The molecule has 0 aromatic carbocycles. The first-order chi connectivity index (χ1) is 9.71. The number of carbonyl (C=O) groups excluding carboxylic acids is 1. The van der Waals surface area contributed by atoms with Crippen LogP contribution in [0.15, 0.2) is 5.38 Å². The van der Waals surface area contributed by atoms with Crippen LogP contribution >= 0.6 is 23.7 Å². The molecule has 1 saturated heterocycles.